The van der Waals surface area contributed by atoms with Gasteiger partial charge in [0.1, 0.15) is 17.6 Å². The molecule has 6 heteroatoms. The summed E-state index contributed by atoms with van der Waals surface area (Å²) in [6.45, 7) is 3.17. The minimum atomic E-state index is -0.0362. The molecule has 6 nitrogen and oxygen atoms in total. The van der Waals surface area contributed by atoms with Crippen LogP contribution >= 0.6 is 0 Å². The predicted octanol–water partition coefficient (Wildman–Crippen LogP) is 2.35. The second-order valence-electron chi connectivity index (χ2n) is 6.03. The van der Waals surface area contributed by atoms with E-state index in [4.69, 9.17) is 4.74 Å². The molecule has 0 aliphatic carbocycles. The maximum atomic E-state index is 12.3. The first kappa shape index (κ1) is 16.8. The maximum Gasteiger partial charge on any atom is 0.260 e. The van der Waals surface area contributed by atoms with Gasteiger partial charge >= 0.3 is 0 Å². The van der Waals surface area contributed by atoms with E-state index in [1.54, 1.807) is 11.0 Å². The number of carbonyl (C=O) groups excluding carboxylic acids is 1. The molecule has 0 bridgehead atoms. The van der Waals surface area contributed by atoms with Crippen LogP contribution in [0.4, 0.5) is 5.82 Å². The molecule has 2 aromatic rings. The van der Waals surface area contributed by atoms with Crippen LogP contribution in [0.25, 0.3) is 0 Å². The molecule has 2 heterocycles. The third-order valence-electron chi connectivity index (χ3n) is 4.14. The molecule has 1 aromatic heterocycles. The van der Waals surface area contributed by atoms with Crippen molar-refractivity contribution < 1.29 is 9.53 Å². The van der Waals surface area contributed by atoms with Crippen LogP contribution in [-0.4, -0.2) is 41.5 Å². The molecule has 1 fully saturated rings. The van der Waals surface area contributed by atoms with Gasteiger partial charge < -0.3 is 15.0 Å². The number of para-hydroxylation sites is 1. The van der Waals surface area contributed by atoms with Crippen LogP contribution in [0.3, 0.4) is 0 Å². The summed E-state index contributed by atoms with van der Waals surface area (Å²) in [5, 5.41) is 12.5. The Morgan fingerprint density at radius 3 is 2.92 bits per heavy atom. The lowest BCUT2D eigenvalue weighted by atomic mass is 10.2. The van der Waals surface area contributed by atoms with Gasteiger partial charge in [-0.3, -0.25) is 4.79 Å². The number of nitrogens with one attached hydrogen (secondary N) is 1. The fourth-order valence-corrected chi connectivity index (χ4v) is 2.81. The molecule has 1 saturated heterocycles. The van der Waals surface area contributed by atoms with Gasteiger partial charge in [-0.2, -0.15) is 5.26 Å². The summed E-state index contributed by atoms with van der Waals surface area (Å²) in [6, 6.07) is 15.1. The minimum Gasteiger partial charge on any atom is -0.484 e. The van der Waals surface area contributed by atoms with Gasteiger partial charge in [-0.05, 0) is 37.6 Å². The van der Waals surface area contributed by atoms with Crippen molar-refractivity contribution in [2.75, 3.05) is 25.0 Å². The largest absolute Gasteiger partial charge is 0.484 e. The number of carbonyl (C=O) groups is 1. The van der Waals surface area contributed by atoms with Crippen LogP contribution in [0.1, 0.15) is 17.7 Å². The minimum absolute atomic E-state index is 0.0306. The zero-order valence-electron chi connectivity index (χ0n) is 14.1. The maximum absolute atomic E-state index is 12.3. The number of ether oxygens (including phenoxy) is 1. The van der Waals surface area contributed by atoms with E-state index in [0.29, 0.717) is 30.2 Å². The quantitative estimate of drug-likeness (QED) is 0.907. The van der Waals surface area contributed by atoms with Gasteiger partial charge in [0, 0.05) is 24.8 Å². The number of pyridine rings is 1. The number of aromatic nitrogens is 1. The Hall–Kier alpha value is -3.07. The van der Waals surface area contributed by atoms with Crippen LogP contribution in [0, 0.1) is 18.3 Å². The Kier molecular flexibility index (Phi) is 5.14. The lowest BCUT2D eigenvalue weighted by molar-refractivity contribution is -0.132. The number of hydrogen-bond acceptors (Lipinski definition) is 5. The molecule has 1 aliphatic heterocycles. The Labute approximate surface area is 147 Å². The van der Waals surface area contributed by atoms with E-state index in [1.165, 1.54) is 0 Å². The average Bonchev–Trinajstić information content (AvgIpc) is 3.09. The van der Waals surface area contributed by atoms with E-state index >= 15 is 0 Å². The fourth-order valence-electron chi connectivity index (χ4n) is 2.81. The molecule has 1 atom stereocenters. The smallest absolute Gasteiger partial charge is 0.260 e. The number of anilines is 1. The second-order valence-corrected chi connectivity index (χ2v) is 6.03. The number of likely N-dealkylation sites (tertiary alicyclic amines) is 1. The van der Waals surface area contributed by atoms with E-state index < -0.39 is 0 Å². The number of aryl methyl sites for hydroxylation is 1. The number of benzene rings is 1. The number of nitrogens with zero attached hydrogens (tertiary/aromatic N) is 3. The summed E-state index contributed by atoms with van der Waals surface area (Å²) >= 11 is 0. The normalized spacial score (nSPS) is 16.3. The first-order valence-corrected chi connectivity index (χ1v) is 8.25. The number of rotatable bonds is 5. The summed E-state index contributed by atoms with van der Waals surface area (Å²) in [4.78, 5) is 18.5. The zero-order valence-corrected chi connectivity index (χ0v) is 14.1. The van der Waals surface area contributed by atoms with Crippen molar-refractivity contribution in [2.45, 2.75) is 19.4 Å². The first-order chi connectivity index (χ1) is 12.2. The summed E-state index contributed by atoms with van der Waals surface area (Å²) < 4.78 is 5.52. The lowest BCUT2D eigenvalue weighted by Crippen LogP contribution is -2.35. The molecule has 0 radical (unpaired) electrons. The van der Waals surface area contributed by atoms with Crippen molar-refractivity contribution >= 4 is 11.7 Å². The molecule has 0 unspecified atom stereocenters. The van der Waals surface area contributed by atoms with E-state index in [2.05, 4.69) is 16.4 Å². The molecule has 25 heavy (non-hydrogen) atoms. The van der Waals surface area contributed by atoms with E-state index in [9.17, 15) is 10.1 Å². The first-order valence-electron chi connectivity index (χ1n) is 8.25. The Morgan fingerprint density at radius 1 is 1.36 bits per heavy atom. The second kappa shape index (κ2) is 7.67. The molecule has 128 valence electrons. The third kappa shape index (κ3) is 4.27. The van der Waals surface area contributed by atoms with Crippen LogP contribution in [0.15, 0.2) is 42.5 Å². The molecule has 1 aliphatic rings. The van der Waals surface area contributed by atoms with Gasteiger partial charge in [-0.15, -0.1) is 0 Å². The third-order valence-corrected chi connectivity index (χ3v) is 4.14. The summed E-state index contributed by atoms with van der Waals surface area (Å²) in [5.41, 5.74) is 1.37. The number of amides is 1. The molecule has 1 N–H and O–H groups in total. The SMILES string of the molecule is Cc1ccc(C#N)c(N[C@@H]2CCN(C(=O)COc3ccccc3)C2)n1. The average molecular weight is 336 g/mol. The highest BCUT2D eigenvalue weighted by molar-refractivity contribution is 5.78. The molecule has 0 spiro atoms. The zero-order chi connectivity index (χ0) is 17.6. The summed E-state index contributed by atoms with van der Waals surface area (Å²) in [7, 11) is 0. The van der Waals surface area contributed by atoms with Crippen LogP contribution in [-0.2, 0) is 4.79 Å². The molecule has 1 aromatic carbocycles. The highest BCUT2D eigenvalue weighted by Gasteiger charge is 2.27. The molecular formula is C19H20N4O2. The van der Waals surface area contributed by atoms with Gasteiger partial charge in [0.25, 0.3) is 5.91 Å². The van der Waals surface area contributed by atoms with Gasteiger partial charge in [0.05, 0.1) is 5.56 Å². The Bertz CT molecular complexity index is 786. The van der Waals surface area contributed by atoms with Crippen molar-refractivity contribution in [2.24, 2.45) is 0 Å². The standard InChI is InChI=1S/C19H20N4O2/c1-14-7-8-15(11-20)19(21-14)22-16-9-10-23(12-16)18(24)13-25-17-5-3-2-4-6-17/h2-8,16H,9-10,12-13H2,1H3,(H,21,22)/t16-/m1/s1. The van der Waals surface area contributed by atoms with Gasteiger partial charge in [0.2, 0.25) is 0 Å². The highest BCUT2D eigenvalue weighted by Crippen LogP contribution is 2.18. The van der Waals surface area contributed by atoms with Crippen molar-refractivity contribution in [1.82, 2.24) is 9.88 Å². The van der Waals surface area contributed by atoms with Crippen molar-refractivity contribution in [3.05, 3.63) is 53.7 Å². The van der Waals surface area contributed by atoms with Crippen molar-refractivity contribution in [1.29, 1.82) is 5.26 Å². The Balaban J connectivity index is 1.54. The lowest BCUT2D eigenvalue weighted by Gasteiger charge is -2.18. The molecule has 1 amide bonds. The molecular weight excluding hydrogens is 316 g/mol. The van der Waals surface area contributed by atoms with Gasteiger partial charge in [0.15, 0.2) is 6.61 Å². The van der Waals surface area contributed by atoms with E-state index in [0.717, 1.165) is 12.1 Å². The fraction of sp³-hybridized carbons (Fsp3) is 0.316. The molecule has 0 saturated carbocycles. The van der Waals surface area contributed by atoms with Crippen LogP contribution < -0.4 is 10.1 Å². The topological polar surface area (TPSA) is 78.2 Å². The summed E-state index contributed by atoms with van der Waals surface area (Å²) in [5.74, 6) is 1.24. The van der Waals surface area contributed by atoms with Crippen LogP contribution in [0.5, 0.6) is 5.75 Å². The Morgan fingerprint density at radius 2 is 2.16 bits per heavy atom. The predicted molar refractivity (Wildman–Crippen MR) is 94.2 cm³/mol. The number of nitriles is 1. The highest BCUT2D eigenvalue weighted by atomic mass is 16.5. The van der Waals surface area contributed by atoms with Crippen LogP contribution in [0.2, 0.25) is 0 Å². The van der Waals surface area contributed by atoms with Crippen molar-refractivity contribution in [3.8, 4) is 11.8 Å². The monoisotopic (exact) mass is 336 g/mol. The summed E-state index contributed by atoms with van der Waals surface area (Å²) in [6.07, 6.45) is 0.817. The number of hydrogen-bond donors (Lipinski definition) is 1. The van der Waals surface area contributed by atoms with Gasteiger partial charge in [-0.1, -0.05) is 18.2 Å². The molecule has 3 rings (SSSR count). The van der Waals surface area contributed by atoms with E-state index in [1.807, 2.05) is 43.3 Å². The van der Waals surface area contributed by atoms with Gasteiger partial charge in [-0.25, -0.2) is 4.98 Å². The van der Waals surface area contributed by atoms with Crippen molar-refractivity contribution in [3.63, 3.8) is 0 Å². The van der Waals surface area contributed by atoms with E-state index in [-0.39, 0.29) is 18.6 Å².